The van der Waals surface area contributed by atoms with Crippen LogP contribution in [0.1, 0.15) is 5.56 Å². The van der Waals surface area contributed by atoms with Gasteiger partial charge >= 0.3 is 0 Å². The second-order valence-electron chi connectivity index (χ2n) is 4.39. The van der Waals surface area contributed by atoms with Crippen LogP contribution in [-0.4, -0.2) is 18.3 Å². The number of nitro benzene ring substituents is 2. The highest BCUT2D eigenvalue weighted by atomic mass is 32.2. The van der Waals surface area contributed by atoms with E-state index in [1.807, 2.05) is 0 Å². The Kier molecular flexibility index (Phi) is 4.67. The molecule has 0 amide bonds. The summed E-state index contributed by atoms with van der Waals surface area (Å²) in [6.07, 6.45) is 0. The van der Waals surface area contributed by atoms with E-state index >= 15 is 0 Å². The van der Waals surface area contributed by atoms with Gasteiger partial charge in [-0.25, -0.2) is 0 Å². The summed E-state index contributed by atoms with van der Waals surface area (Å²) in [5.74, 6) is 0. The van der Waals surface area contributed by atoms with Crippen LogP contribution in [0.3, 0.4) is 0 Å². The molecular weight excluding hydrogens is 328 g/mol. The molecule has 2 rings (SSSR count). The zero-order valence-electron chi connectivity index (χ0n) is 11.5. The van der Waals surface area contributed by atoms with Gasteiger partial charge in [0.15, 0.2) is 0 Å². The molecule has 120 valence electrons. The topological polar surface area (TPSA) is 130 Å². The molecule has 0 saturated heterocycles. The predicted octanol–water partition coefficient (Wildman–Crippen LogP) is 2.41. The summed E-state index contributed by atoms with van der Waals surface area (Å²) in [7, 11) is -4.08. The fraction of sp³-hybridized carbons (Fsp3) is 0.0769. The normalized spacial score (nSPS) is 11.1. The molecule has 0 aliphatic heterocycles. The van der Waals surface area contributed by atoms with E-state index in [1.54, 1.807) is 0 Å². The van der Waals surface area contributed by atoms with E-state index in [9.17, 15) is 28.6 Å². The van der Waals surface area contributed by atoms with E-state index in [0.29, 0.717) is 5.56 Å². The molecule has 9 nitrogen and oxygen atoms in total. The van der Waals surface area contributed by atoms with E-state index in [4.69, 9.17) is 4.18 Å². The van der Waals surface area contributed by atoms with Crippen LogP contribution >= 0.6 is 0 Å². The first-order chi connectivity index (χ1) is 10.8. The number of hydrogen-bond donors (Lipinski definition) is 0. The Hall–Kier alpha value is -2.85. The minimum Gasteiger partial charge on any atom is -0.262 e. The highest BCUT2D eigenvalue weighted by Crippen LogP contribution is 2.19. The molecule has 23 heavy (non-hydrogen) atoms. The summed E-state index contributed by atoms with van der Waals surface area (Å²) in [5, 5.41) is 21.0. The van der Waals surface area contributed by atoms with Gasteiger partial charge in [0.25, 0.3) is 21.5 Å². The minimum atomic E-state index is -4.08. The fourth-order valence-corrected chi connectivity index (χ4v) is 2.56. The highest BCUT2D eigenvalue weighted by Gasteiger charge is 2.17. The van der Waals surface area contributed by atoms with Gasteiger partial charge in [0.05, 0.1) is 21.3 Å². The molecule has 0 unspecified atom stereocenters. The maximum absolute atomic E-state index is 12.0. The lowest BCUT2D eigenvalue weighted by Gasteiger charge is -2.05. The fourth-order valence-electron chi connectivity index (χ4n) is 1.66. The van der Waals surface area contributed by atoms with Gasteiger partial charge in [-0.3, -0.25) is 24.4 Å². The third-order valence-corrected chi connectivity index (χ3v) is 4.14. The summed E-state index contributed by atoms with van der Waals surface area (Å²) in [4.78, 5) is 19.6. The monoisotopic (exact) mass is 338 g/mol. The van der Waals surface area contributed by atoms with Crippen molar-refractivity contribution in [1.82, 2.24) is 0 Å². The average molecular weight is 338 g/mol. The van der Waals surface area contributed by atoms with Crippen LogP contribution in [0.2, 0.25) is 0 Å². The Morgan fingerprint density at radius 1 is 0.826 bits per heavy atom. The van der Waals surface area contributed by atoms with Gasteiger partial charge < -0.3 is 0 Å². The highest BCUT2D eigenvalue weighted by molar-refractivity contribution is 7.86. The molecule has 0 fully saturated rings. The Morgan fingerprint density at radius 2 is 1.26 bits per heavy atom. The molecule has 0 heterocycles. The number of benzene rings is 2. The van der Waals surface area contributed by atoms with E-state index in [2.05, 4.69) is 0 Å². The van der Waals surface area contributed by atoms with Gasteiger partial charge in [-0.15, -0.1) is 0 Å². The summed E-state index contributed by atoms with van der Waals surface area (Å²) >= 11 is 0. The lowest BCUT2D eigenvalue weighted by molar-refractivity contribution is -0.385. The Balaban J connectivity index is 2.09. The largest absolute Gasteiger partial charge is 0.297 e. The number of nitrogens with zero attached hydrogens (tertiary/aromatic N) is 2. The van der Waals surface area contributed by atoms with Crippen molar-refractivity contribution in [3.05, 3.63) is 74.3 Å². The van der Waals surface area contributed by atoms with Crippen LogP contribution < -0.4 is 0 Å². The molecule has 0 aliphatic carbocycles. The van der Waals surface area contributed by atoms with Crippen LogP contribution in [0.25, 0.3) is 0 Å². The van der Waals surface area contributed by atoms with E-state index in [-0.39, 0.29) is 22.9 Å². The molecule has 0 atom stereocenters. The lowest BCUT2D eigenvalue weighted by atomic mass is 10.2. The number of nitro groups is 2. The maximum Gasteiger partial charge on any atom is 0.297 e. The molecule has 0 bridgehead atoms. The Bertz CT molecular complexity index is 830. The summed E-state index contributed by atoms with van der Waals surface area (Å²) in [5.41, 5.74) is 0.0763. The van der Waals surface area contributed by atoms with E-state index in [0.717, 1.165) is 24.3 Å². The van der Waals surface area contributed by atoms with Crippen molar-refractivity contribution in [3.8, 4) is 0 Å². The quantitative estimate of drug-likeness (QED) is 0.449. The van der Waals surface area contributed by atoms with Crippen LogP contribution in [0, 0.1) is 20.2 Å². The molecule has 0 saturated carbocycles. The molecule has 0 aromatic heterocycles. The van der Waals surface area contributed by atoms with Crippen LogP contribution in [0.4, 0.5) is 11.4 Å². The van der Waals surface area contributed by atoms with Crippen molar-refractivity contribution in [2.45, 2.75) is 11.5 Å². The van der Waals surface area contributed by atoms with Gasteiger partial charge in [0.2, 0.25) is 0 Å². The third-order valence-electron chi connectivity index (χ3n) is 2.86. The minimum absolute atomic E-state index is 0.119. The second-order valence-corrected chi connectivity index (χ2v) is 6.01. The molecule has 2 aromatic carbocycles. The first-order valence-electron chi connectivity index (χ1n) is 6.17. The maximum atomic E-state index is 12.0. The first kappa shape index (κ1) is 16.5. The average Bonchev–Trinajstić information content (AvgIpc) is 2.53. The van der Waals surface area contributed by atoms with E-state index in [1.165, 1.54) is 24.3 Å². The van der Waals surface area contributed by atoms with Gasteiger partial charge in [-0.05, 0) is 29.8 Å². The van der Waals surface area contributed by atoms with Crippen molar-refractivity contribution in [2.75, 3.05) is 0 Å². The molecule has 2 aromatic rings. The van der Waals surface area contributed by atoms with Crippen LogP contribution in [-0.2, 0) is 20.9 Å². The standard InChI is InChI=1S/C13H10N2O7S/c16-14(17)11-3-1-10(2-4-11)9-22-23(20,21)13-7-5-12(6-8-13)15(18)19/h1-8H,9H2. The zero-order chi connectivity index (χ0) is 17.0. The van der Waals surface area contributed by atoms with Gasteiger partial charge in [0, 0.05) is 24.3 Å². The molecule has 0 N–H and O–H groups in total. The van der Waals surface area contributed by atoms with Gasteiger partial charge in [-0.1, -0.05) is 0 Å². The summed E-state index contributed by atoms with van der Waals surface area (Å²) in [6, 6.07) is 9.48. The first-order valence-corrected chi connectivity index (χ1v) is 7.57. The Morgan fingerprint density at radius 3 is 1.70 bits per heavy atom. The summed E-state index contributed by atoms with van der Waals surface area (Å²) < 4.78 is 28.8. The predicted molar refractivity (Wildman–Crippen MR) is 78.2 cm³/mol. The number of non-ortho nitro benzene ring substituents is 2. The molecule has 0 aliphatic rings. The van der Waals surface area contributed by atoms with Crippen molar-refractivity contribution in [1.29, 1.82) is 0 Å². The van der Waals surface area contributed by atoms with Crippen molar-refractivity contribution >= 4 is 21.5 Å². The van der Waals surface area contributed by atoms with Gasteiger partial charge in [0.1, 0.15) is 0 Å². The zero-order valence-corrected chi connectivity index (χ0v) is 12.3. The van der Waals surface area contributed by atoms with Crippen LogP contribution in [0.5, 0.6) is 0 Å². The lowest BCUT2D eigenvalue weighted by Crippen LogP contribution is -2.06. The smallest absolute Gasteiger partial charge is 0.262 e. The summed E-state index contributed by atoms with van der Waals surface area (Å²) in [6.45, 7) is -0.308. The molecule has 0 radical (unpaired) electrons. The molecule has 10 heteroatoms. The van der Waals surface area contributed by atoms with Crippen molar-refractivity contribution in [3.63, 3.8) is 0 Å². The van der Waals surface area contributed by atoms with Crippen molar-refractivity contribution < 1.29 is 22.4 Å². The van der Waals surface area contributed by atoms with Crippen molar-refractivity contribution in [2.24, 2.45) is 0 Å². The SMILES string of the molecule is O=[N+]([O-])c1ccc(COS(=O)(=O)c2ccc([N+](=O)[O-])cc2)cc1. The molecule has 0 spiro atoms. The number of rotatable bonds is 6. The van der Waals surface area contributed by atoms with Gasteiger partial charge in [-0.2, -0.15) is 8.42 Å². The number of hydrogen-bond acceptors (Lipinski definition) is 7. The second kappa shape index (κ2) is 6.50. The molecular formula is C13H10N2O7S. The van der Waals surface area contributed by atoms with E-state index < -0.39 is 20.0 Å². The Labute approximate surface area is 130 Å². The third kappa shape index (κ3) is 4.08. The van der Waals surface area contributed by atoms with Crippen LogP contribution in [0.15, 0.2) is 53.4 Å².